The highest BCUT2D eigenvalue weighted by Gasteiger charge is 2.34. The fourth-order valence-electron chi connectivity index (χ4n) is 4.16. The van der Waals surface area contributed by atoms with Gasteiger partial charge in [0.05, 0.1) is 27.7 Å². The summed E-state index contributed by atoms with van der Waals surface area (Å²) in [5.74, 6) is -0.312. The molecule has 3 aromatic carbocycles. The minimum Gasteiger partial charge on any atom is -0.497 e. The number of hydrogen-bond donors (Lipinski definition) is 1. The lowest BCUT2D eigenvalue weighted by Gasteiger charge is -2.33. The summed E-state index contributed by atoms with van der Waals surface area (Å²) in [4.78, 5) is 28.7. The smallest absolute Gasteiger partial charge is 0.264 e. The van der Waals surface area contributed by atoms with Gasteiger partial charge in [0.1, 0.15) is 18.3 Å². The van der Waals surface area contributed by atoms with E-state index in [2.05, 4.69) is 5.32 Å². The van der Waals surface area contributed by atoms with Crippen molar-refractivity contribution in [2.45, 2.75) is 50.7 Å². The molecule has 0 fully saturated rings. The van der Waals surface area contributed by atoms with Gasteiger partial charge < -0.3 is 15.0 Å². The zero-order chi connectivity index (χ0) is 29.4. The molecule has 0 aromatic heterocycles. The maximum absolute atomic E-state index is 14.1. The van der Waals surface area contributed by atoms with Gasteiger partial charge in [-0.3, -0.25) is 13.9 Å². The van der Waals surface area contributed by atoms with Crippen LogP contribution in [0.2, 0.25) is 10.0 Å². The van der Waals surface area contributed by atoms with Crippen LogP contribution in [0, 0.1) is 0 Å². The molecular weight excluding hydrogens is 573 g/mol. The van der Waals surface area contributed by atoms with Crippen molar-refractivity contribution in [3.63, 3.8) is 0 Å². The molecule has 0 saturated carbocycles. The Morgan fingerprint density at radius 2 is 1.65 bits per heavy atom. The molecule has 40 heavy (non-hydrogen) atoms. The van der Waals surface area contributed by atoms with Gasteiger partial charge >= 0.3 is 0 Å². The molecule has 0 heterocycles. The number of carbonyl (C=O) groups is 2. The summed E-state index contributed by atoms with van der Waals surface area (Å²) in [6, 6.07) is 18.3. The molecule has 0 aliphatic rings. The zero-order valence-corrected chi connectivity index (χ0v) is 25.1. The predicted molar refractivity (Wildman–Crippen MR) is 158 cm³/mol. The highest BCUT2D eigenvalue weighted by molar-refractivity contribution is 7.92. The molecule has 1 N–H and O–H groups in total. The minimum atomic E-state index is -4.20. The van der Waals surface area contributed by atoms with Gasteiger partial charge in [0.15, 0.2) is 0 Å². The van der Waals surface area contributed by atoms with Crippen molar-refractivity contribution in [3.8, 4) is 5.75 Å². The second-order valence-corrected chi connectivity index (χ2v) is 12.1. The van der Waals surface area contributed by atoms with Gasteiger partial charge in [0.2, 0.25) is 11.8 Å². The molecule has 11 heteroatoms. The van der Waals surface area contributed by atoms with Crippen molar-refractivity contribution in [2.75, 3.05) is 18.0 Å². The summed E-state index contributed by atoms with van der Waals surface area (Å²) in [6.45, 7) is 4.94. The van der Waals surface area contributed by atoms with Crippen LogP contribution >= 0.6 is 23.2 Å². The van der Waals surface area contributed by atoms with Crippen LogP contribution in [0.3, 0.4) is 0 Å². The lowest BCUT2D eigenvalue weighted by molar-refractivity contribution is -0.140. The third-order valence-corrected chi connectivity index (χ3v) is 8.63. The van der Waals surface area contributed by atoms with Crippen LogP contribution in [-0.2, 0) is 26.2 Å². The molecule has 2 amide bonds. The lowest BCUT2D eigenvalue weighted by atomic mass is 10.1. The number of hydrogen-bond acceptors (Lipinski definition) is 5. The Labute approximate surface area is 245 Å². The Balaban J connectivity index is 2.08. The first kappa shape index (κ1) is 31.3. The molecule has 0 radical (unpaired) electrons. The van der Waals surface area contributed by atoms with Crippen LogP contribution in [0.5, 0.6) is 5.75 Å². The normalized spacial score (nSPS) is 12.1. The monoisotopic (exact) mass is 605 g/mol. The number of rotatable bonds is 12. The van der Waals surface area contributed by atoms with Crippen molar-refractivity contribution >= 4 is 50.7 Å². The van der Waals surface area contributed by atoms with Gasteiger partial charge in [0, 0.05) is 12.6 Å². The number of anilines is 1. The molecule has 0 unspecified atom stereocenters. The molecule has 214 valence electrons. The summed E-state index contributed by atoms with van der Waals surface area (Å²) in [5, 5.41) is 3.25. The quantitative estimate of drug-likeness (QED) is 0.293. The Morgan fingerprint density at radius 3 is 2.25 bits per heavy atom. The first-order valence-corrected chi connectivity index (χ1v) is 14.9. The SMILES string of the molecule is CC[C@H](C(=O)NC(C)C)N(Cc1cccc(OC)c1)C(=O)CN(c1ccc(Cl)c(Cl)c1)S(=O)(=O)c1ccccc1. The highest BCUT2D eigenvalue weighted by atomic mass is 35.5. The third-order valence-electron chi connectivity index (χ3n) is 6.11. The van der Waals surface area contributed by atoms with Crippen molar-refractivity contribution in [2.24, 2.45) is 0 Å². The summed E-state index contributed by atoms with van der Waals surface area (Å²) < 4.78 is 34.0. The van der Waals surface area contributed by atoms with E-state index in [4.69, 9.17) is 27.9 Å². The molecule has 0 spiro atoms. The first-order valence-electron chi connectivity index (χ1n) is 12.7. The number of halogens is 2. The van der Waals surface area contributed by atoms with E-state index in [1.807, 2.05) is 19.9 Å². The van der Waals surface area contributed by atoms with Crippen molar-refractivity contribution in [1.82, 2.24) is 10.2 Å². The van der Waals surface area contributed by atoms with Crippen LogP contribution in [-0.4, -0.2) is 50.9 Å². The Morgan fingerprint density at radius 1 is 0.950 bits per heavy atom. The number of nitrogens with zero attached hydrogens (tertiary/aromatic N) is 2. The number of carbonyl (C=O) groups excluding carboxylic acids is 2. The van der Waals surface area contributed by atoms with E-state index < -0.39 is 28.5 Å². The Kier molecular flexibility index (Phi) is 10.8. The molecule has 0 bridgehead atoms. The summed E-state index contributed by atoms with van der Waals surface area (Å²) in [7, 11) is -2.67. The predicted octanol–water partition coefficient (Wildman–Crippen LogP) is 5.53. The average molecular weight is 607 g/mol. The number of benzene rings is 3. The summed E-state index contributed by atoms with van der Waals surface area (Å²) in [6.07, 6.45) is 0.312. The zero-order valence-electron chi connectivity index (χ0n) is 22.8. The van der Waals surface area contributed by atoms with Gasteiger partial charge in [-0.15, -0.1) is 0 Å². The second-order valence-electron chi connectivity index (χ2n) is 9.38. The van der Waals surface area contributed by atoms with Gasteiger partial charge in [-0.1, -0.05) is 60.5 Å². The minimum absolute atomic E-state index is 0.00203. The molecule has 3 rings (SSSR count). The van der Waals surface area contributed by atoms with Gasteiger partial charge in [-0.05, 0) is 68.3 Å². The third kappa shape index (κ3) is 7.68. The fraction of sp³-hybridized carbons (Fsp3) is 0.310. The molecule has 3 aromatic rings. The highest BCUT2D eigenvalue weighted by Crippen LogP contribution is 2.31. The fourth-order valence-corrected chi connectivity index (χ4v) is 5.88. The van der Waals surface area contributed by atoms with Crippen LogP contribution < -0.4 is 14.4 Å². The number of amides is 2. The van der Waals surface area contributed by atoms with E-state index in [9.17, 15) is 18.0 Å². The first-order chi connectivity index (χ1) is 19.0. The van der Waals surface area contributed by atoms with Crippen LogP contribution in [0.1, 0.15) is 32.8 Å². The molecule has 0 saturated heterocycles. The summed E-state index contributed by atoms with van der Waals surface area (Å²) in [5.41, 5.74) is 0.878. The van der Waals surface area contributed by atoms with E-state index in [1.54, 1.807) is 43.3 Å². The van der Waals surface area contributed by atoms with Crippen molar-refractivity contribution in [3.05, 3.63) is 88.4 Å². The molecule has 1 atom stereocenters. The standard InChI is InChI=1S/C29H33Cl2N3O5S/c1-5-27(29(36)32-20(2)3)33(18-21-10-9-11-23(16-21)39-4)28(35)19-34(22-14-15-25(30)26(31)17-22)40(37,38)24-12-7-6-8-13-24/h6-17,20,27H,5,18-19H2,1-4H3,(H,32,36)/t27-/m1/s1. The van der Waals surface area contributed by atoms with Crippen LogP contribution in [0.15, 0.2) is 77.7 Å². The van der Waals surface area contributed by atoms with Crippen LogP contribution in [0.25, 0.3) is 0 Å². The molecule has 0 aliphatic carbocycles. The maximum Gasteiger partial charge on any atom is 0.264 e. The van der Waals surface area contributed by atoms with E-state index >= 15 is 0 Å². The molecule has 0 aliphatic heterocycles. The number of methoxy groups -OCH3 is 1. The van der Waals surface area contributed by atoms with E-state index in [1.165, 1.54) is 42.3 Å². The van der Waals surface area contributed by atoms with Crippen LogP contribution in [0.4, 0.5) is 5.69 Å². The maximum atomic E-state index is 14.1. The van der Waals surface area contributed by atoms with Gasteiger partial charge in [-0.2, -0.15) is 0 Å². The Bertz CT molecular complexity index is 1430. The van der Waals surface area contributed by atoms with Gasteiger partial charge in [0.25, 0.3) is 10.0 Å². The molecular formula is C29H33Cl2N3O5S. The Hall–Kier alpha value is -3.27. The van der Waals surface area contributed by atoms with Crippen molar-refractivity contribution < 1.29 is 22.7 Å². The summed E-state index contributed by atoms with van der Waals surface area (Å²) >= 11 is 12.3. The van der Waals surface area contributed by atoms with E-state index in [-0.39, 0.29) is 39.1 Å². The van der Waals surface area contributed by atoms with E-state index in [0.717, 1.165) is 9.87 Å². The number of sulfonamides is 1. The lowest BCUT2D eigenvalue weighted by Crippen LogP contribution is -2.53. The van der Waals surface area contributed by atoms with Gasteiger partial charge in [-0.25, -0.2) is 8.42 Å². The average Bonchev–Trinajstić information content (AvgIpc) is 2.93. The van der Waals surface area contributed by atoms with Crippen molar-refractivity contribution in [1.29, 1.82) is 0 Å². The number of ether oxygens (including phenoxy) is 1. The second kappa shape index (κ2) is 13.9. The largest absolute Gasteiger partial charge is 0.497 e. The molecule has 8 nitrogen and oxygen atoms in total. The number of nitrogens with one attached hydrogen (secondary N) is 1. The topological polar surface area (TPSA) is 96.0 Å². The van der Waals surface area contributed by atoms with E-state index in [0.29, 0.717) is 12.2 Å².